The van der Waals surface area contributed by atoms with Gasteiger partial charge in [0.2, 0.25) is 0 Å². The van der Waals surface area contributed by atoms with E-state index in [0.717, 1.165) is 37.5 Å². The highest BCUT2D eigenvalue weighted by Crippen LogP contribution is 2.05. The molecule has 1 N–H and O–H groups in total. The zero-order valence-corrected chi connectivity index (χ0v) is 9.61. The van der Waals surface area contributed by atoms with Gasteiger partial charge in [-0.2, -0.15) is 0 Å². The molecule has 2 heterocycles. The van der Waals surface area contributed by atoms with E-state index < -0.39 is 0 Å². The number of rotatable bonds is 4. The summed E-state index contributed by atoms with van der Waals surface area (Å²) in [5.41, 5.74) is 2.13. The lowest BCUT2D eigenvalue weighted by molar-refractivity contribution is -0.137. The molecular weight excluding hydrogens is 204 g/mol. The van der Waals surface area contributed by atoms with Crippen molar-refractivity contribution in [1.82, 2.24) is 10.3 Å². The van der Waals surface area contributed by atoms with Gasteiger partial charge in [0.1, 0.15) is 6.79 Å². The first kappa shape index (κ1) is 11.5. The Labute approximate surface area is 96.0 Å². The van der Waals surface area contributed by atoms with E-state index in [1.807, 2.05) is 25.1 Å². The molecule has 0 spiro atoms. The molecule has 0 radical (unpaired) electrons. The Morgan fingerprint density at radius 1 is 1.50 bits per heavy atom. The Morgan fingerprint density at radius 2 is 2.44 bits per heavy atom. The van der Waals surface area contributed by atoms with Gasteiger partial charge in [-0.05, 0) is 25.5 Å². The van der Waals surface area contributed by atoms with Crippen LogP contribution in [0.4, 0.5) is 0 Å². The number of aromatic nitrogens is 1. The minimum absolute atomic E-state index is 0.276. The van der Waals surface area contributed by atoms with Gasteiger partial charge in [-0.25, -0.2) is 0 Å². The van der Waals surface area contributed by atoms with Crippen LogP contribution >= 0.6 is 0 Å². The summed E-state index contributed by atoms with van der Waals surface area (Å²) in [5.74, 6) is 0. The Morgan fingerprint density at radius 3 is 3.19 bits per heavy atom. The molecule has 0 saturated carbocycles. The summed E-state index contributed by atoms with van der Waals surface area (Å²) in [4.78, 5) is 4.43. The molecule has 1 aromatic heterocycles. The minimum atomic E-state index is 0.276. The SMILES string of the molecule is Cc1cccc(CNCC2CCOCO2)n1. The lowest BCUT2D eigenvalue weighted by Crippen LogP contribution is -2.33. The highest BCUT2D eigenvalue weighted by molar-refractivity contribution is 5.09. The first-order chi connectivity index (χ1) is 7.84. The maximum Gasteiger partial charge on any atom is 0.147 e. The maximum absolute atomic E-state index is 5.43. The normalized spacial score (nSPS) is 20.9. The fraction of sp³-hybridized carbons (Fsp3) is 0.583. The Balaban J connectivity index is 1.71. The standard InChI is InChI=1S/C12H18N2O2/c1-10-3-2-4-11(14-10)7-13-8-12-5-6-15-9-16-12/h2-4,12-13H,5-9H2,1H3. The van der Waals surface area contributed by atoms with Crippen LogP contribution in [-0.4, -0.2) is 31.0 Å². The second kappa shape index (κ2) is 5.94. The van der Waals surface area contributed by atoms with Crippen molar-refractivity contribution in [2.45, 2.75) is 26.0 Å². The molecule has 1 aliphatic heterocycles. The molecule has 4 heteroatoms. The van der Waals surface area contributed by atoms with Crippen molar-refractivity contribution in [3.63, 3.8) is 0 Å². The highest BCUT2D eigenvalue weighted by atomic mass is 16.7. The summed E-state index contributed by atoms with van der Waals surface area (Å²) in [6.45, 7) is 4.89. The third kappa shape index (κ3) is 3.56. The first-order valence-corrected chi connectivity index (χ1v) is 5.67. The Kier molecular flexibility index (Phi) is 4.27. The van der Waals surface area contributed by atoms with Crippen molar-refractivity contribution >= 4 is 0 Å². The van der Waals surface area contributed by atoms with Crippen LogP contribution in [0.25, 0.3) is 0 Å². The molecule has 1 atom stereocenters. The molecular formula is C12H18N2O2. The lowest BCUT2D eigenvalue weighted by atomic mass is 10.2. The van der Waals surface area contributed by atoms with E-state index in [1.165, 1.54) is 0 Å². The average Bonchev–Trinajstić information content (AvgIpc) is 2.30. The monoisotopic (exact) mass is 222 g/mol. The van der Waals surface area contributed by atoms with Gasteiger partial charge in [-0.15, -0.1) is 0 Å². The third-order valence-electron chi connectivity index (χ3n) is 2.60. The van der Waals surface area contributed by atoms with Gasteiger partial charge in [0.25, 0.3) is 0 Å². The number of ether oxygens (including phenoxy) is 2. The zero-order chi connectivity index (χ0) is 11.2. The number of nitrogens with one attached hydrogen (secondary N) is 1. The molecule has 2 rings (SSSR count). The molecule has 4 nitrogen and oxygen atoms in total. The molecule has 0 amide bonds. The van der Waals surface area contributed by atoms with Crippen LogP contribution in [-0.2, 0) is 16.0 Å². The zero-order valence-electron chi connectivity index (χ0n) is 9.61. The third-order valence-corrected chi connectivity index (χ3v) is 2.60. The smallest absolute Gasteiger partial charge is 0.147 e. The molecule has 0 bridgehead atoms. The van der Waals surface area contributed by atoms with E-state index in [0.29, 0.717) is 6.79 Å². The van der Waals surface area contributed by atoms with Gasteiger partial charge in [0, 0.05) is 18.8 Å². The number of nitrogens with zero attached hydrogens (tertiary/aromatic N) is 1. The van der Waals surface area contributed by atoms with Crippen molar-refractivity contribution in [1.29, 1.82) is 0 Å². The van der Waals surface area contributed by atoms with Crippen LogP contribution in [0.2, 0.25) is 0 Å². The summed E-state index contributed by atoms with van der Waals surface area (Å²) in [6, 6.07) is 6.07. The van der Waals surface area contributed by atoms with E-state index in [-0.39, 0.29) is 6.10 Å². The van der Waals surface area contributed by atoms with E-state index in [2.05, 4.69) is 10.3 Å². The lowest BCUT2D eigenvalue weighted by Gasteiger charge is -2.22. The second-order valence-corrected chi connectivity index (χ2v) is 4.00. The molecule has 16 heavy (non-hydrogen) atoms. The fourth-order valence-electron chi connectivity index (χ4n) is 1.72. The molecule has 0 aromatic carbocycles. The summed E-state index contributed by atoms with van der Waals surface area (Å²) >= 11 is 0. The summed E-state index contributed by atoms with van der Waals surface area (Å²) in [5, 5.41) is 3.36. The summed E-state index contributed by atoms with van der Waals surface area (Å²) in [7, 11) is 0. The first-order valence-electron chi connectivity index (χ1n) is 5.67. The highest BCUT2D eigenvalue weighted by Gasteiger charge is 2.13. The number of hydrogen-bond donors (Lipinski definition) is 1. The van der Waals surface area contributed by atoms with Gasteiger partial charge in [-0.3, -0.25) is 4.98 Å². The van der Waals surface area contributed by atoms with Crippen molar-refractivity contribution in [3.8, 4) is 0 Å². The van der Waals surface area contributed by atoms with Crippen LogP contribution in [0, 0.1) is 6.92 Å². The largest absolute Gasteiger partial charge is 0.355 e. The fourth-order valence-corrected chi connectivity index (χ4v) is 1.72. The van der Waals surface area contributed by atoms with Crippen molar-refractivity contribution in [3.05, 3.63) is 29.6 Å². The number of pyridine rings is 1. The second-order valence-electron chi connectivity index (χ2n) is 4.00. The quantitative estimate of drug-likeness (QED) is 0.832. The molecule has 1 aromatic rings. The Hall–Kier alpha value is -0.970. The van der Waals surface area contributed by atoms with Crippen molar-refractivity contribution in [2.75, 3.05) is 19.9 Å². The van der Waals surface area contributed by atoms with Crippen LogP contribution in [0.5, 0.6) is 0 Å². The van der Waals surface area contributed by atoms with Gasteiger partial charge in [-0.1, -0.05) is 6.07 Å². The van der Waals surface area contributed by atoms with Gasteiger partial charge >= 0.3 is 0 Å². The molecule has 0 aliphatic carbocycles. The van der Waals surface area contributed by atoms with Gasteiger partial charge < -0.3 is 14.8 Å². The van der Waals surface area contributed by atoms with Crippen molar-refractivity contribution in [2.24, 2.45) is 0 Å². The van der Waals surface area contributed by atoms with Crippen LogP contribution in [0.15, 0.2) is 18.2 Å². The van der Waals surface area contributed by atoms with E-state index in [4.69, 9.17) is 9.47 Å². The number of hydrogen-bond acceptors (Lipinski definition) is 4. The topological polar surface area (TPSA) is 43.4 Å². The minimum Gasteiger partial charge on any atom is -0.355 e. The maximum atomic E-state index is 5.43. The van der Waals surface area contributed by atoms with E-state index in [1.54, 1.807) is 0 Å². The summed E-state index contributed by atoms with van der Waals surface area (Å²) in [6.07, 6.45) is 1.24. The number of aryl methyl sites for hydroxylation is 1. The summed E-state index contributed by atoms with van der Waals surface area (Å²) < 4.78 is 10.6. The van der Waals surface area contributed by atoms with Gasteiger partial charge in [0.15, 0.2) is 0 Å². The molecule has 1 unspecified atom stereocenters. The average molecular weight is 222 g/mol. The van der Waals surface area contributed by atoms with E-state index >= 15 is 0 Å². The Bertz CT molecular complexity index is 325. The molecule has 1 saturated heterocycles. The molecule has 1 aliphatic rings. The van der Waals surface area contributed by atoms with Crippen molar-refractivity contribution < 1.29 is 9.47 Å². The molecule has 1 fully saturated rings. The van der Waals surface area contributed by atoms with Gasteiger partial charge in [0.05, 0.1) is 18.4 Å². The van der Waals surface area contributed by atoms with E-state index in [9.17, 15) is 0 Å². The van der Waals surface area contributed by atoms with Crippen LogP contribution in [0.3, 0.4) is 0 Å². The predicted octanol–water partition coefficient (Wildman–Crippen LogP) is 1.24. The van der Waals surface area contributed by atoms with Crippen LogP contribution < -0.4 is 5.32 Å². The van der Waals surface area contributed by atoms with Crippen LogP contribution in [0.1, 0.15) is 17.8 Å². The predicted molar refractivity (Wildman–Crippen MR) is 61.0 cm³/mol. The molecule has 88 valence electrons.